The molecule has 0 saturated heterocycles. The minimum absolute atomic E-state index is 0.747. The number of nitrogens with one attached hydrogen (secondary N) is 3. The van der Waals surface area contributed by atoms with Crippen molar-refractivity contribution < 1.29 is 0 Å². The number of imidazole rings is 1. The summed E-state index contributed by atoms with van der Waals surface area (Å²) in [6.45, 7) is 7.78. The van der Waals surface area contributed by atoms with E-state index in [1.807, 2.05) is 25.3 Å². The highest BCUT2D eigenvalue weighted by atomic mass is 32.1. The van der Waals surface area contributed by atoms with E-state index >= 15 is 0 Å². The van der Waals surface area contributed by atoms with E-state index in [0.29, 0.717) is 0 Å². The van der Waals surface area contributed by atoms with E-state index in [9.17, 15) is 0 Å². The van der Waals surface area contributed by atoms with Crippen molar-refractivity contribution in [3.8, 4) is 11.5 Å². The lowest BCUT2D eigenvalue weighted by atomic mass is 10.0. The maximum atomic E-state index is 4.93. The molecule has 5 heterocycles. The smallest absolute Gasteiger partial charge is 0.159 e. The Morgan fingerprint density at radius 1 is 1.33 bits per heavy atom. The Balaban J connectivity index is 1.59. The third-order valence-electron chi connectivity index (χ3n) is 5.28. The molecule has 0 aliphatic carbocycles. The van der Waals surface area contributed by atoms with E-state index in [0.717, 1.165) is 69.5 Å². The fourth-order valence-electron chi connectivity index (χ4n) is 3.79. The zero-order valence-electron chi connectivity index (χ0n) is 16.7. The van der Waals surface area contributed by atoms with Crippen LogP contribution in [0.1, 0.15) is 28.4 Å². The lowest BCUT2D eigenvalue weighted by Crippen LogP contribution is -2.20. The third kappa shape index (κ3) is 3.32. The number of rotatable bonds is 5. The van der Waals surface area contributed by atoms with E-state index in [4.69, 9.17) is 4.98 Å². The number of allylic oxidation sites excluding steroid dienone is 2. The number of aromatic nitrogens is 5. The summed E-state index contributed by atoms with van der Waals surface area (Å²) >= 11 is 1.69. The van der Waals surface area contributed by atoms with Gasteiger partial charge in [0.05, 0.1) is 23.1 Å². The van der Waals surface area contributed by atoms with E-state index < -0.39 is 0 Å². The summed E-state index contributed by atoms with van der Waals surface area (Å²) in [7, 11) is 0. The summed E-state index contributed by atoms with van der Waals surface area (Å²) in [5, 5.41) is 14.1. The second-order valence-corrected chi connectivity index (χ2v) is 8.17. The number of hydrogen-bond acceptors (Lipinski definition) is 5. The Morgan fingerprint density at radius 3 is 3.03 bits per heavy atom. The molecule has 6 nitrogen and oxygen atoms in total. The topological polar surface area (TPSA) is 82.3 Å². The molecule has 0 fully saturated rings. The van der Waals surface area contributed by atoms with Gasteiger partial charge in [0, 0.05) is 28.1 Å². The zero-order valence-corrected chi connectivity index (χ0v) is 17.5. The van der Waals surface area contributed by atoms with Crippen LogP contribution in [0.3, 0.4) is 0 Å². The quantitative estimate of drug-likeness (QED) is 0.413. The van der Waals surface area contributed by atoms with Gasteiger partial charge in [0.2, 0.25) is 0 Å². The molecule has 1 aliphatic rings. The molecule has 0 bridgehead atoms. The lowest BCUT2D eigenvalue weighted by Gasteiger charge is -2.13. The van der Waals surface area contributed by atoms with Crippen molar-refractivity contribution in [2.24, 2.45) is 0 Å². The summed E-state index contributed by atoms with van der Waals surface area (Å²) in [5.74, 6) is 0.747. The van der Waals surface area contributed by atoms with E-state index in [1.165, 1.54) is 5.57 Å². The predicted molar refractivity (Wildman–Crippen MR) is 123 cm³/mol. The molecule has 4 aromatic rings. The first-order valence-corrected chi connectivity index (χ1v) is 10.8. The van der Waals surface area contributed by atoms with Crippen LogP contribution in [0, 0.1) is 6.92 Å². The molecule has 4 aromatic heterocycles. The zero-order chi connectivity index (χ0) is 20.5. The van der Waals surface area contributed by atoms with Crippen LogP contribution in [-0.2, 0) is 0 Å². The van der Waals surface area contributed by atoms with Crippen LogP contribution < -0.4 is 5.32 Å². The van der Waals surface area contributed by atoms with Gasteiger partial charge in [0.15, 0.2) is 5.82 Å². The van der Waals surface area contributed by atoms with E-state index in [1.54, 1.807) is 17.4 Å². The SMILES string of the molecule is C=C/C=C(/c1cccs1)c1nc(-c2n[nH]c3cnc(C4=CCNCC4)cc23)[nH]c1C. The van der Waals surface area contributed by atoms with Crippen molar-refractivity contribution in [2.75, 3.05) is 13.1 Å². The van der Waals surface area contributed by atoms with E-state index in [2.05, 4.69) is 55.6 Å². The van der Waals surface area contributed by atoms with Gasteiger partial charge in [0.25, 0.3) is 0 Å². The molecule has 0 atom stereocenters. The number of thiophene rings is 1. The fourth-order valence-corrected chi connectivity index (χ4v) is 4.54. The molecule has 0 saturated carbocycles. The van der Waals surface area contributed by atoms with Crippen molar-refractivity contribution in [3.05, 3.63) is 76.5 Å². The molecule has 0 radical (unpaired) electrons. The van der Waals surface area contributed by atoms with Gasteiger partial charge in [-0.05, 0) is 43.0 Å². The number of hydrogen-bond donors (Lipinski definition) is 3. The number of aryl methyl sites for hydroxylation is 1. The van der Waals surface area contributed by atoms with Crippen molar-refractivity contribution >= 4 is 33.4 Å². The Labute approximate surface area is 178 Å². The normalized spacial score (nSPS) is 14.8. The highest BCUT2D eigenvalue weighted by Gasteiger charge is 2.19. The van der Waals surface area contributed by atoms with E-state index in [-0.39, 0.29) is 0 Å². The average Bonchev–Trinajstić information content (AvgIpc) is 3.52. The van der Waals surface area contributed by atoms with Gasteiger partial charge in [-0.3, -0.25) is 10.1 Å². The van der Waals surface area contributed by atoms with Gasteiger partial charge in [-0.2, -0.15) is 5.10 Å². The minimum atomic E-state index is 0.747. The maximum Gasteiger partial charge on any atom is 0.159 e. The van der Waals surface area contributed by atoms with Crippen molar-refractivity contribution in [1.82, 2.24) is 30.5 Å². The molecule has 0 aromatic carbocycles. The molecule has 0 unspecified atom stereocenters. The Bertz CT molecular complexity index is 1270. The van der Waals surface area contributed by atoms with Crippen LogP contribution >= 0.6 is 11.3 Å². The first-order valence-electron chi connectivity index (χ1n) is 9.93. The number of fused-ring (bicyclic) bond motifs is 1. The van der Waals surface area contributed by atoms with Crippen LogP contribution in [0.5, 0.6) is 0 Å². The number of nitrogens with zero attached hydrogens (tertiary/aromatic N) is 3. The third-order valence-corrected chi connectivity index (χ3v) is 6.18. The molecular formula is C23H22N6S. The number of pyridine rings is 1. The van der Waals surface area contributed by atoms with Gasteiger partial charge in [-0.25, -0.2) is 4.98 Å². The minimum Gasteiger partial charge on any atom is -0.340 e. The van der Waals surface area contributed by atoms with Crippen LogP contribution in [0.2, 0.25) is 0 Å². The molecule has 0 amide bonds. The van der Waals surface area contributed by atoms with Crippen LogP contribution in [0.15, 0.2) is 54.6 Å². The number of aromatic amines is 2. The van der Waals surface area contributed by atoms with Gasteiger partial charge >= 0.3 is 0 Å². The highest BCUT2D eigenvalue weighted by Crippen LogP contribution is 2.32. The number of H-pyrrole nitrogens is 2. The molecule has 7 heteroatoms. The van der Waals surface area contributed by atoms with Crippen molar-refractivity contribution in [2.45, 2.75) is 13.3 Å². The summed E-state index contributed by atoms with van der Waals surface area (Å²) in [5.41, 5.74) is 6.95. The molecular weight excluding hydrogens is 392 g/mol. The average molecular weight is 415 g/mol. The monoisotopic (exact) mass is 414 g/mol. The molecule has 30 heavy (non-hydrogen) atoms. The van der Waals surface area contributed by atoms with Crippen LogP contribution in [-0.4, -0.2) is 38.2 Å². The standard InChI is InChI=1S/C23H22N6S/c1-3-5-16(20-6-4-11-30-20)21-14(2)26-23(27-21)22-17-12-18(15-7-9-24-10-8-15)25-13-19(17)28-29-22/h3-7,11-13,24H,1,8-10H2,2H3,(H,26,27)(H,28,29)/b16-5-. The fraction of sp³-hybridized carbons (Fsp3) is 0.174. The summed E-state index contributed by atoms with van der Waals surface area (Å²) in [6, 6.07) is 6.26. The van der Waals surface area contributed by atoms with Gasteiger partial charge in [0.1, 0.15) is 5.69 Å². The van der Waals surface area contributed by atoms with Crippen molar-refractivity contribution in [3.63, 3.8) is 0 Å². The van der Waals surface area contributed by atoms with Crippen LogP contribution in [0.4, 0.5) is 0 Å². The predicted octanol–water partition coefficient (Wildman–Crippen LogP) is 4.71. The summed E-state index contributed by atoms with van der Waals surface area (Å²) in [4.78, 5) is 14.1. The molecule has 3 N–H and O–H groups in total. The van der Waals surface area contributed by atoms with Gasteiger partial charge < -0.3 is 10.3 Å². The van der Waals surface area contributed by atoms with Gasteiger partial charge in [-0.1, -0.05) is 30.9 Å². The van der Waals surface area contributed by atoms with Crippen LogP contribution in [0.25, 0.3) is 33.6 Å². The molecule has 5 rings (SSSR count). The first kappa shape index (κ1) is 18.7. The maximum absolute atomic E-state index is 4.93. The second kappa shape index (κ2) is 7.85. The molecule has 150 valence electrons. The lowest BCUT2D eigenvalue weighted by molar-refractivity contribution is 0.737. The largest absolute Gasteiger partial charge is 0.340 e. The first-order chi connectivity index (χ1) is 14.7. The Kier molecular flexibility index (Phi) is 4.90. The Morgan fingerprint density at radius 2 is 2.27 bits per heavy atom. The summed E-state index contributed by atoms with van der Waals surface area (Å²) in [6.07, 6.45) is 8.85. The highest BCUT2D eigenvalue weighted by molar-refractivity contribution is 7.11. The second-order valence-electron chi connectivity index (χ2n) is 7.22. The van der Waals surface area contributed by atoms with Crippen molar-refractivity contribution in [1.29, 1.82) is 0 Å². The van der Waals surface area contributed by atoms with Gasteiger partial charge in [-0.15, -0.1) is 11.3 Å². The Hall–Kier alpha value is -3.29. The summed E-state index contributed by atoms with van der Waals surface area (Å²) < 4.78 is 0. The molecule has 1 aliphatic heterocycles. The molecule has 0 spiro atoms.